The van der Waals surface area contributed by atoms with E-state index >= 15 is 0 Å². The molecule has 0 bridgehead atoms. The van der Waals surface area contributed by atoms with Gasteiger partial charge in [-0.2, -0.15) is 0 Å². The average Bonchev–Trinajstić information content (AvgIpc) is 2.43. The highest BCUT2D eigenvalue weighted by Crippen LogP contribution is 2.23. The van der Waals surface area contributed by atoms with E-state index in [1.165, 1.54) is 22.1 Å². The fourth-order valence-electron chi connectivity index (χ4n) is 2.51. The van der Waals surface area contributed by atoms with Crippen LogP contribution in [0.1, 0.15) is 11.1 Å². The van der Waals surface area contributed by atoms with Gasteiger partial charge in [-0.05, 0) is 42.5 Å². The van der Waals surface area contributed by atoms with Crippen molar-refractivity contribution >= 4 is 10.9 Å². The van der Waals surface area contributed by atoms with E-state index in [4.69, 9.17) is 0 Å². The number of hydrogen-bond donors (Lipinski definition) is 0. The Morgan fingerprint density at radius 3 is 2.53 bits per heavy atom. The first-order valence-electron chi connectivity index (χ1n) is 6.49. The van der Waals surface area contributed by atoms with E-state index < -0.39 is 0 Å². The first-order chi connectivity index (χ1) is 9.16. The van der Waals surface area contributed by atoms with Crippen molar-refractivity contribution in [3.8, 4) is 11.3 Å². The highest BCUT2D eigenvalue weighted by Gasteiger charge is 2.08. The maximum Gasteiger partial charge on any atom is 0.112 e. The van der Waals surface area contributed by atoms with E-state index in [1.807, 2.05) is 4.57 Å². The van der Waals surface area contributed by atoms with Gasteiger partial charge in [-0.3, -0.25) is 0 Å². The molecule has 0 spiro atoms. The predicted octanol–water partition coefficient (Wildman–Crippen LogP) is 4.05. The van der Waals surface area contributed by atoms with Crippen LogP contribution in [0.5, 0.6) is 0 Å². The van der Waals surface area contributed by atoms with Gasteiger partial charge >= 0.3 is 0 Å². The molecule has 0 saturated heterocycles. The Kier molecular flexibility index (Phi) is 2.75. The summed E-state index contributed by atoms with van der Waals surface area (Å²) in [5.74, 6) is 0. The summed E-state index contributed by atoms with van der Waals surface area (Å²) in [6, 6.07) is 19.2. The molecule has 1 heteroatoms. The first-order valence-corrected chi connectivity index (χ1v) is 6.49. The van der Waals surface area contributed by atoms with Crippen molar-refractivity contribution in [2.24, 2.45) is 0 Å². The summed E-state index contributed by atoms with van der Waals surface area (Å²) in [5.41, 5.74) is 6.11. The number of para-hydroxylation sites is 1. The van der Waals surface area contributed by atoms with Gasteiger partial charge in [0.25, 0.3) is 0 Å². The van der Waals surface area contributed by atoms with Crippen molar-refractivity contribution in [2.45, 2.75) is 13.8 Å². The number of hydrogen-bond acceptors (Lipinski definition) is 0. The van der Waals surface area contributed by atoms with Crippen LogP contribution in [-0.2, 0) is 0 Å². The maximum atomic E-state index is 4.21. The first kappa shape index (κ1) is 11.8. The smallest absolute Gasteiger partial charge is 0.112 e. The summed E-state index contributed by atoms with van der Waals surface area (Å²) in [6.45, 7) is 4.27. The van der Waals surface area contributed by atoms with Crippen LogP contribution in [-0.4, -0.2) is 0 Å². The third kappa shape index (κ3) is 1.97. The van der Waals surface area contributed by atoms with Crippen LogP contribution in [0.15, 0.2) is 54.6 Å². The SMILES string of the molecule is [CH2-][n+]1c(-c2cc(C)ccc2C)ccc2ccccc21. The Hall–Kier alpha value is -2.28. The molecule has 0 saturated carbocycles. The Labute approximate surface area is 114 Å². The van der Waals surface area contributed by atoms with E-state index in [-0.39, 0.29) is 0 Å². The fourth-order valence-corrected chi connectivity index (χ4v) is 2.51. The summed E-state index contributed by atoms with van der Waals surface area (Å²) in [4.78, 5) is 0. The lowest BCUT2D eigenvalue weighted by Gasteiger charge is -2.13. The predicted molar refractivity (Wildman–Crippen MR) is 79.8 cm³/mol. The lowest BCUT2D eigenvalue weighted by Crippen LogP contribution is -2.29. The van der Waals surface area contributed by atoms with Gasteiger partial charge in [0, 0.05) is 7.05 Å². The summed E-state index contributed by atoms with van der Waals surface area (Å²) in [5, 5.41) is 1.21. The van der Waals surface area contributed by atoms with Crippen LogP contribution in [0.4, 0.5) is 0 Å². The molecule has 3 rings (SSSR count). The van der Waals surface area contributed by atoms with E-state index in [0.29, 0.717) is 0 Å². The van der Waals surface area contributed by atoms with E-state index in [0.717, 1.165) is 11.2 Å². The van der Waals surface area contributed by atoms with Crippen molar-refractivity contribution in [1.29, 1.82) is 0 Å². The van der Waals surface area contributed by atoms with Crippen LogP contribution in [0.25, 0.3) is 22.2 Å². The van der Waals surface area contributed by atoms with Gasteiger partial charge in [0.2, 0.25) is 0 Å². The molecule has 0 aliphatic rings. The second-order valence-electron chi connectivity index (χ2n) is 5.02. The minimum atomic E-state index is 1.15. The molecule has 0 N–H and O–H groups in total. The van der Waals surface area contributed by atoms with Gasteiger partial charge in [0.05, 0.1) is 0 Å². The normalized spacial score (nSPS) is 10.8. The van der Waals surface area contributed by atoms with Crippen LogP contribution in [0, 0.1) is 20.9 Å². The number of rotatable bonds is 1. The quantitative estimate of drug-likeness (QED) is 0.451. The van der Waals surface area contributed by atoms with Crippen LogP contribution in [0.2, 0.25) is 0 Å². The Balaban J connectivity index is 2.31. The second-order valence-corrected chi connectivity index (χ2v) is 5.02. The molecule has 0 aliphatic heterocycles. The molecule has 3 aromatic rings. The topological polar surface area (TPSA) is 3.88 Å². The van der Waals surface area contributed by atoms with E-state index in [9.17, 15) is 0 Å². The molecule has 0 aliphatic carbocycles. The fraction of sp³-hybridized carbons (Fsp3) is 0.111. The zero-order valence-corrected chi connectivity index (χ0v) is 11.4. The Morgan fingerprint density at radius 2 is 1.68 bits per heavy atom. The second kappa shape index (κ2) is 4.43. The molecule has 1 heterocycles. The van der Waals surface area contributed by atoms with Gasteiger partial charge in [-0.15, -0.1) is 0 Å². The summed E-state index contributed by atoms with van der Waals surface area (Å²) in [7, 11) is 4.21. The molecule has 0 atom stereocenters. The molecular weight excluding hydrogens is 230 g/mol. The highest BCUT2D eigenvalue weighted by atomic mass is 14.9. The molecule has 0 amide bonds. The lowest BCUT2D eigenvalue weighted by atomic mass is 10.0. The summed E-state index contributed by atoms with van der Waals surface area (Å²) >= 11 is 0. The third-order valence-corrected chi connectivity index (χ3v) is 3.61. The molecule has 0 fully saturated rings. The number of nitrogens with zero attached hydrogens (tertiary/aromatic N) is 1. The summed E-state index contributed by atoms with van der Waals surface area (Å²) in [6.07, 6.45) is 0. The molecule has 19 heavy (non-hydrogen) atoms. The largest absolute Gasteiger partial charge is 0.326 e. The monoisotopic (exact) mass is 247 g/mol. The molecule has 94 valence electrons. The van der Waals surface area contributed by atoms with Crippen LogP contribution in [0.3, 0.4) is 0 Å². The van der Waals surface area contributed by atoms with E-state index in [1.54, 1.807) is 0 Å². The Morgan fingerprint density at radius 1 is 0.895 bits per heavy atom. The van der Waals surface area contributed by atoms with Gasteiger partial charge in [-0.1, -0.05) is 48.0 Å². The van der Waals surface area contributed by atoms with Crippen molar-refractivity contribution in [1.82, 2.24) is 0 Å². The zero-order valence-electron chi connectivity index (χ0n) is 11.4. The molecule has 1 aromatic heterocycles. The molecule has 2 aromatic carbocycles. The van der Waals surface area contributed by atoms with E-state index in [2.05, 4.69) is 75.5 Å². The minimum absolute atomic E-state index is 1.15. The number of pyridine rings is 1. The standard InChI is InChI=1S/C18H17N/c1-13-8-9-14(2)16(12-13)18-11-10-15-6-4-5-7-17(15)19(18)3/h4-12H,3H2,1-2H3. The third-order valence-electron chi connectivity index (χ3n) is 3.61. The van der Waals surface area contributed by atoms with Crippen molar-refractivity contribution < 1.29 is 4.57 Å². The van der Waals surface area contributed by atoms with Crippen LogP contribution < -0.4 is 4.57 Å². The number of benzene rings is 2. The molecule has 0 unspecified atom stereocenters. The van der Waals surface area contributed by atoms with Gasteiger partial charge in [0.1, 0.15) is 11.2 Å². The van der Waals surface area contributed by atoms with Crippen molar-refractivity contribution in [2.75, 3.05) is 0 Å². The number of aryl methyl sites for hydroxylation is 2. The Bertz CT molecular complexity index is 757. The van der Waals surface area contributed by atoms with Crippen molar-refractivity contribution in [3.05, 3.63) is 72.8 Å². The minimum Gasteiger partial charge on any atom is -0.326 e. The number of fused-ring (bicyclic) bond motifs is 1. The molecular formula is C18H17N. The molecule has 1 nitrogen and oxygen atoms in total. The number of aromatic nitrogens is 1. The zero-order chi connectivity index (χ0) is 13.4. The summed E-state index contributed by atoms with van der Waals surface area (Å²) < 4.78 is 2.02. The van der Waals surface area contributed by atoms with Gasteiger partial charge < -0.3 is 4.57 Å². The lowest BCUT2D eigenvalue weighted by molar-refractivity contribution is -0.572. The van der Waals surface area contributed by atoms with Gasteiger partial charge in [-0.25, -0.2) is 0 Å². The van der Waals surface area contributed by atoms with Crippen LogP contribution >= 0.6 is 0 Å². The van der Waals surface area contributed by atoms with Crippen molar-refractivity contribution in [3.63, 3.8) is 0 Å². The van der Waals surface area contributed by atoms with Gasteiger partial charge in [0.15, 0.2) is 0 Å². The maximum absolute atomic E-state index is 4.21. The molecule has 0 radical (unpaired) electrons. The highest BCUT2D eigenvalue weighted by molar-refractivity contribution is 5.78. The average molecular weight is 247 g/mol.